The highest BCUT2D eigenvalue weighted by atomic mass is 32.2. The number of carbonyl (C=O) groups is 1. The molecule has 122 valence electrons. The van der Waals surface area contributed by atoms with Gasteiger partial charge in [0.15, 0.2) is 0 Å². The lowest BCUT2D eigenvalue weighted by atomic mass is 10.0. The average molecular weight is 330 g/mol. The number of nitrogens with one attached hydrogen (secondary N) is 1. The van der Waals surface area contributed by atoms with Crippen LogP contribution in [-0.4, -0.2) is 35.3 Å². The molecule has 0 spiro atoms. The van der Waals surface area contributed by atoms with E-state index in [9.17, 15) is 4.79 Å². The van der Waals surface area contributed by atoms with Crippen molar-refractivity contribution < 1.29 is 4.79 Å². The Morgan fingerprint density at radius 3 is 2.96 bits per heavy atom. The van der Waals surface area contributed by atoms with Crippen molar-refractivity contribution in [3.63, 3.8) is 0 Å². The average Bonchev–Trinajstić information content (AvgIpc) is 2.93. The summed E-state index contributed by atoms with van der Waals surface area (Å²) in [6, 6.07) is 8.25. The Morgan fingerprint density at radius 2 is 2.22 bits per heavy atom. The molecule has 0 saturated carbocycles. The van der Waals surface area contributed by atoms with Gasteiger partial charge in [-0.25, -0.2) is 4.98 Å². The molecule has 3 rings (SSSR count). The molecule has 1 aliphatic rings. The monoisotopic (exact) mass is 330 g/mol. The Labute approximate surface area is 141 Å². The Kier molecular flexibility index (Phi) is 4.61. The molecule has 2 aromatic rings. The van der Waals surface area contributed by atoms with Crippen molar-refractivity contribution in [2.75, 3.05) is 24.7 Å². The molecule has 2 heterocycles. The maximum atomic E-state index is 12.6. The first-order valence-corrected chi connectivity index (χ1v) is 8.78. The van der Waals surface area contributed by atoms with Crippen molar-refractivity contribution in [1.29, 1.82) is 0 Å². The topological polar surface area (TPSA) is 50.2 Å². The summed E-state index contributed by atoms with van der Waals surface area (Å²) in [7, 11) is 5.88. The van der Waals surface area contributed by atoms with Gasteiger partial charge in [-0.1, -0.05) is 24.3 Å². The number of carbonyl (C=O) groups excluding carboxylic acids is 1. The van der Waals surface area contributed by atoms with Gasteiger partial charge >= 0.3 is 0 Å². The Morgan fingerprint density at radius 1 is 1.43 bits per heavy atom. The van der Waals surface area contributed by atoms with Crippen LogP contribution in [0.15, 0.2) is 30.5 Å². The molecule has 1 aromatic heterocycles. The SMILES string of the molecule is CN(C)c1ncc(CNC(=O)[C@@H]2SCCc3ccccc32)n1C. The number of nitrogens with zero attached hydrogens (tertiary/aromatic N) is 3. The number of fused-ring (bicyclic) bond motifs is 1. The van der Waals surface area contributed by atoms with Gasteiger partial charge in [-0.05, 0) is 23.3 Å². The molecule has 0 unspecified atom stereocenters. The van der Waals surface area contributed by atoms with Gasteiger partial charge in [0, 0.05) is 21.1 Å². The van der Waals surface area contributed by atoms with E-state index in [1.165, 1.54) is 5.56 Å². The summed E-state index contributed by atoms with van der Waals surface area (Å²) in [5, 5.41) is 2.95. The number of hydrogen-bond donors (Lipinski definition) is 1. The van der Waals surface area contributed by atoms with Gasteiger partial charge in [0.2, 0.25) is 11.9 Å². The van der Waals surface area contributed by atoms with E-state index in [0.717, 1.165) is 29.4 Å². The second kappa shape index (κ2) is 6.66. The van der Waals surface area contributed by atoms with Gasteiger partial charge < -0.3 is 14.8 Å². The van der Waals surface area contributed by atoms with E-state index in [1.807, 2.05) is 48.9 Å². The number of hydrogen-bond acceptors (Lipinski definition) is 4. The number of aryl methyl sites for hydroxylation is 1. The highest BCUT2D eigenvalue weighted by Crippen LogP contribution is 2.36. The number of imidazole rings is 1. The van der Waals surface area contributed by atoms with Gasteiger partial charge in [-0.15, -0.1) is 11.8 Å². The van der Waals surface area contributed by atoms with Crippen LogP contribution in [0.5, 0.6) is 0 Å². The second-order valence-electron chi connectivity index (χ2n) is 5.92. The third-order valence-electron chi connectivity index (χ3n) is 4.14. The summed E-state index contributed by atoms with van der Waals surface area (Å²) < 4.78 is 2.00. The van der Waals surface area contributed by atoms with Crippen LogP contribution in [0.4, 0.5) is 5.95 Å². The Balaban J connectivity index is 1.69. The van der Waals surface area contributed by atoms with Gasteiger partial charge in [-0.2, -0.15) is 0 Å². The zero-order valence-electron chi connectivity index (χ0n) is 13.7. The van der Waals surface area contributed by atoms with Crippen LogP contribution in [0.25, 0.3) is 0 Å². The minimum absolute atomic E-state index is 0.0785. The number of benzene rings is 1. The summed E-state index contributed by atoms with van der Waals surface area (Å²) in [6.45, 7) is 0.495. The maximum absolute atomic E-state index is 12.6. The van der Waals surface area contributed by atoms with Crippen molar-refractivity contribution in [3.05, 3.63) is 47.3 Å². The molecule has 1 amide bonds. The Bertz CT molecular complexity index is 710. The zero-order valence-corrected chi connectivity index (χ0v) is 14.6. The van der Waals surface area contributed by atoms with Crippen LogP contribution in [0.2, 0.25) is 0 Å². The lowest BCUT2D eigenvalue weighted by molar-refractivity contribution is -0.120. The van der Waals surface area contributed by atoms with Crippen molar-refractivity contribution in [1.82, 2.24) is 14.9 Å². The van der Waals surface area contributed by atoms with Crippen LogP contribution in [-0.2, 0) is 24.8 Å². The first-order valence-electron chi connectivity index (χ1n) is 7.73. The molecule has 0 saturated heterocycles. The lowest BCUT2D eigenvalue weighted by Gasteiger charge is -2.24. The highest BCUT2D eigenvalue weighted by molar-refractivity contribution is 8.00. The van der Waals surface area contributed by atoms with E-state index >= 15 is 0 Å². The zero-order chi connectivity index (χ0) is 16.4. The fourth-order valence-corrected chi connectivity index (χ4v) is 4.11. The van der Waals surface area contributed by atoms with Gasteiger partial charge in [0.25, 0.3) is 0 Å². The summed E-state index contributed by atoms with van der Waals surface area (Å²) in [6.07, 6.45) is 2.86. The van der Waals surface area contributed by atoms with Crippen molar-refractivity contribution in [3.8, 4) is 0 Å². The molecule has 1 aromatic carbocycles. The van der Waals surface area contributed by atoms with E-state index in [0.29, 0.717) is 6.54 Å². The quantitative estimate of drug-likeness (QED) is 0.933. The predicted octanol–water partition coefficient (Wildman–Crippen LogP) is 2.13. The smallest absolute Gasteiger partial charge is 0.237 e. The van der Waals surface area contributed by atoms with Gasteiger partial charge in [0.05, 0.1) is 18.4 Å². The Hall–Kier alpha value is -1.95. The van der Waals surface area contributed by atoms with E-state index in [4.69, 9.17) is 0 Å². The van der Waals surface area contributed by atoms with Crippen molar-refractivity contribution >= 4 is 23.6 Å². The second-order valence-corrected chi connectivity index (χ2v) is 7.13. The van der Waals surface area contributed by atoms with Crippen molar-refractivity contribution in [2.45, 2.75) is 18.2 Å². The molecule has 0 aliphatic carbocycles. The molecule has 0 bridgehead atoms. The normalized spacial score (nSPS) is 16.7. The minimum Gasteiger partial charge on any atom is -0.349 e. The van der Waals surface area contributed by atoms with Crippen LogP contribution < -0.4 is 10.2 Å². The molecular weight excluding hydrogens is 308 g/mol. The molecule has 1 N–H and O–H groups in total. The fraction of sp³-hybridized carbons (Fsp3) is 0.412. The molecule has 23 heavy (non-hydrogen) atoms. The van der Waals surface area contributed by atoms with Crippen molar-refractivity contribution in [2.24, 2.45) is 7.05 Å². The first-order chi connectivity index (χ1) is 11.1. The fourth-order valence-electron chi connectivity index (χ4n) is 2.90. The molecule has 5 nitrogen and oxygen atoms in total. The summed E-state index contributed by atoms with van der Waals surface area (Å²) in [5.74, 6) is 1.95. The molecule has 0 fully saturated rings. The molecule has 0 radical (unpaired) electrons. The van der Waals surface area contributed by atoms with E-state index < -0.39 is 0 Å². The van der Waals surface area contributed by atoms with Gasteiger partial charge in [-0.3, -0.25) is 4.79 Å². The third kappa shape index (κ3) is 3.22. The molecule has 1 aliphatic heterocycles. The highest BCUT2D eigenvalue weighted by Gasteiger charge is 2.26. The number of aromatic nitrogens is 2. The third-order valence-corrected chi connectivity index (χ3v) is 5.38. The predicted molar refractivity (Wildman–Crippen MR) is 94.7 cm³/mol. The minimum atomic E-state index is -0.110. The summed E-state index contributed by atoms with van der Waals surface area (Å²) in [4.78, 5) is 18.9. The van der Waals surface area contributed by atoms with Crippen LogP contribution >= 0.6 is 11.8 Å². The maximum Gasteiger partial charge on any atom is 0.237 e. The summed E-state index contributed by atoms with van der Waals surface area (Å²) in [5.41, 5.74) is 3.44. The number of anilines is 1. The van der Waals surface area contributed by atoms with Crippen LogP contribution in [0.3, 0.4) is 0 Å². The largest absolute Gasteiger partial charge is 0.349 e. The lowest BCUT2D eigenvalue weighted by Crippen LogP contribution is -2.30. The summed E-state index contributed by atoms with van der Waals surface area (Å²) >= 11 is 1.72. The van der Waals surface area contributed by atoms with Gasteiger partial charge in [0.1, 0.15) is 5.25 Å². The molecule has 6 heteroatoms. The van der Waals surface area contributed by atoms with Crippen LogP contribution in [0, 0.1) is 0 Å². The first kappa shape index (κ1) is 15.9. The molecular formula is C17H22N4OS. The van der Waals surface area contributed by atoms with Crippen LogP contribution in [0.1, 0.15) is 22.1 Å². The van der Waals surface area contributed by atoms with E-state index in [-0.39, 0.29) is 11.2 Å². The van der Waals surface area contributed by atoms with E-state index in [2.05, 4.69) is 22.4 Å². The number of amides is 1. The standard InChI is InChI=1S/C17H22N4OS/c1-20(2)17-19-11-13(21(17)3)10-18-16(22)15-14-7-5-4-6-12(14)8-9-23-15/h4-7,11,15H,8-10H2,1-3H3,(H,18,22)/t15-/m1/s1. The molecule has 1 atom stereocenters. The number of rotatable bonds is 4. The van der Waals surface area contributed by atoms with E-state index in [1.54, 1.807) is 11.8 Å². The number of thioether (sulfide) groups is 1.